The average molecular weight is 805 g/mol. The summed E-state index contributed by atoms with van der Waals surface area (Å²) in [6, 6.07) is 24.9. The van der Waals surface area contributed by atoms with Gasteiger partial charge >= 0.3 is 12.0 Å². The highest BCUT2D eigenvalue weighted by atomic mass is 33.1. The highest BCUT2D eigenvalue weighted by Crippen LogP contribution is 2.41. The second-order valence-corrected chi connectivity index (χ2v) is 17.2. The van der Waals surface area contributed by atoms with Crippen molar-refractivity contribution in [3.05, 3.63) is 131 Å². The molecular formula is C36H32N6O8S4. The van der Waals surface area contributed by atoms with E-state index in [2.05, 4.69) is 30.0 Å². The van der Waals surface area contributed by atoms with Crippen LogP contribution in [0.2, 0.25) is 0 Å². The monoisotopic (exact) mass is 804 g/mol. The fourth-order valence-corrected chi connectivity index (χ4v) is 8.97. The first-order valence-electron chi connectivity index (χ1n) is 16.0. The van der Waals surface area contributed by atoms with Gasteiger partial charge in [0, 0.05) is 21.2 Å². The number of oxazole rings is 2. The quantitative estimate of drug-likeness (QED) is 0.0826. The molecule has 4 N–H and O–H groups in total. The van der Waals surface area contributed by atoms with Gasteiger partial charge in [-0.05, 0) is 100 Å². The zero-order valence-electron chi connectivity index (χ0n) is 29.0. The number of aromatic nitrogens is 2. The van der Waals surface area contributed by atoms with Gasteiger partial charge in [0.25, 0.3) is 31.9 Å². The Kier molecular flexibility index (Phi) is 11.2. The third kappa shape index (κ3) is 8.96. The number of rotatable bonds is 13. The molecule has 0 fully saturated rings. The van der Waals surface area contributed by atoms with Crippen LogP contribution in [0.4, 0.5) is 23.4 Å². The number of nitrogens with zero attached hydrogens (tertiary/aromatic N) is 2. The summed E-state index contributed by atoms with van der Waals surface area (Å²) in [5.41, 5.74) is 2.61. The number of anilines is 4. The maximum atomic E-state index is 13.4. The van der Waals surface area contributed by atoms with Crippen molar-refractivity contribution in [1.29, 1.82) is 0 Å². The predicted molar refractivity (Wildman–Crippen MR) is 207 cm³/mol. The normalized spacial score (nSPS) is 11.6. The van der Waals surface area contributed by atoms with Gasteiger partial charge in [-0.3, -0.25) is 9.59 Å². The second kappa shape index (κ2) is 15.8. The summed E-state index contributed by atoms with van der Waals surface area (Å²) in [6.07, 6.45) is 0. The Morgan fingerprint density at radius 1 is 0.537 bits per heavy atom. The Balaban J connectivity index is 1.08. The van der Waals surface area contributed by atoms with Gasteiger partial charge in [0.2, 0.25) is 0 Å². The first kappa shape index (κ1) is 38.2. The van der Waals surface area contributed by atoms with Crippen molar-refractivity contribution < 1.29 is 35.3 Å². The lowest BCUT2D eigenvalue weighted by atomic mass is 10.2. The Hall–Kier alpha value is -5.56. The van der Waals surface area contributed by atoms with Crippen LogP contribution >= 0.6 is 21.6 Å². The minimum atomic E-state index is -3.98. The van der Waals surface area contributed by atoms with E-state index in [1.165, 1.54) is 70.1 Å². The van der Waals surface area contributed by atoms with Crippen LogP contribution in [0.1, 0.15) is 43.6 Å². The molecule has 0 bridgehead atoms. The van der Waals surface area contributed by atoms with E-state index < -0.39 is 31.9 Å². The van der Waals surface area contributed by atoms with E-state index in [-0.39, 0.29) is 21.8 Å². The van der Waals surface area contributed by atoms with Gasteiger partial charge < -0.3 is 19.5 Å². The molecule has 0 radical (unpaired) electrons. The maximum Gasteiger partial charge on any atom is 0.309 e. The molecule has 0 atom stereocenters. The van der Waals surface area contributed by atoms with Crippen LogP contribution in [0.3, 0.4) is 0 Å². The summed E-state index contributed by atoms with van der Waals surface area (Å²) in [5, 5.41) is 5.60. The number of nitrogens with one attached hydrogen (secondary N) is 4. The van der Waals surface area contributed by atoms with Crippen molar-refractivity contribution in [1.82, 2.24) is 9.97 Å². The van der Waals surface area contributed by atoms with Crippen molar-refractivity contribution in [2.75, 3.05) is 20.1 Å². The van der Waals surface area contributed by atoms with Crippen molar-refractivity contribution in [2.45, 2.75) is 47.3 Å². The summed E-state index contributed by atoms with van der Waals surface area (Å²) in [6.45, 7) is 6.76. The molecule has 0 spiro atoms. The number of aryl methyl sites for hydroxylation is 4. The smallest absolute Gasteiger partial charge is 0.309 e. The molecule has 0 aliphatic rings. The summed E-state index contributed by atoms with van der Waals surface area (Å²) < 4.78 is 66.5. The second-order valence-electron chi connectivity index (χ2n) is 11.6. The molecule has 278 valence electrons. The van der Waals surface area contributed by atoms with Gasteiger partial charge in [0.05, 0.1) is 32.3 Å². The van der Waals surface area contributed by atoms with E-state index in [0.29, 0.717) is 55.2 Å². The molecule has 2 amide bonds. The molecular weight excluding hydrogens is 773 g/mol. The van der Waals surface area contributed by atoms with Gasteiger partial charge in [0.15, 0.2) is 0 Å². The first-order chi connectivity index (χ1) is 25.7. The van der Waals surface area contributed by atoms with Crippen LogP contribution in [-0.2, 0) is 20.0 Å². The van der Waals surface area contributed by atoms with E-state index in [1.54, 1.807) is 76.2 Å². The fourth-order valence-electron chi connectivity index (χ4n) is 4.76. The molecule has 0 unspecified atom stereocenters. The van der Waals surface area contributed by atoms with Crippen molar-refractivity contribution in [3.8, 4) is 0 Å². The zero-order valence-corrected chi connectivity index (χ0v) is 32.3. The minimum Gasteiger partial charge on any atom is -0.428 e. The number of carbonyl (C=O) groups excluding carboxylic acids is 2. The van der Waals surface area contributed by atoms with Gasteiger partial charge in [0.1, 0.15) is 11.5 Å². The highest BCUT2D eigenvalue weighted by molar-refractivity contribution is 8.76. The van der Waals surface area contributed by atoms with Crippen molar-refractivity contribution >= 4 is 76.9 Å². The molecule has 0 aliphatic heterocycles. The van der Waals surface area contributed by atoms with Gasteiger partial charge in [-0.2, -0.15) is 9.97 Å². The molecule has 6 aromatic rings. The molecule has 0 aliphatic carbocycles. The number of sulfonamides is 2. The van der Waals surface area contributed by atoms with Crippen LogP contribution in [0.5, 0.6) is 0 Å². The number of hydrogen-bond acceptors (Lipinski definition) is 12. The Bertz CT molecular complexity index is 2350. The van der Waals surface area contributed by atoms with Crippen molar-refractivity contribution in [3.63, 3.8) is 0 Å². The number of amides is 2. The van der Waals surface area contributed by atoms with Crippen LogP contribution in [0.15, 0.2) is 125 Å². The van der Waals surface area contributed by atoms with Gasteiger partial charge in [-0.25, -0.2) is 26.3 Å². The molecule has 18 heteroatoms. The lowest BCUT2D eigenvalue weighted by molar-refractivity contribution is 0.101. The number of benzene rings is 4. The van der Waals surface area contributed by atoms with Crippen LogP contribution in [0.25, 0.3) is 0 Å². The van der Waals surface area contributed by atoms with Crippen LogP contribution in [-0.4, -0.2) is 38.6 Å². The Morgan fingerprint density at radius 2 is 0.889 bits per heavy atom. The highest BCUT2D eigenvalue weighted by Gasteiger charge is 2.21. The topological polar surface area (TPSA) is 203 Å². The summed E-state index contributed by atoms with van der Waals surface area (Å²) >= 11 is 0. The standard InChI is InChI=1S/C36H32N6O8S4/c1-21-23(3)49-35(37-21)41-53(45,46)27-17-13-25(14-18-27)39-33(43)29-9-5-7-11-31(29)51-52-32-12-8-6-10-30(32)34(44)40-26-15-19-28(20-16-26)54(47,48)42-36-38-22(2)24(4)50-36/h5-20H,1-4H3,(H,37,41)(H,38,42)(H,39,43)(H,40,44). The lowest BCUT2D eigenvalue weighted by Crippen LogP contribution is -2.15. The minimum absolute atomic E-state index is 0.0460. The van der Waals surface area contributed by atoms with E-state index in [0.717, 1.165) is 0 Å². The molecule has 0 saturated heterocycles. The summed E-state index contributed by atoms with van der Waals surface area (Å²) in [4.78, 5) is 36.0. The zero-order chi connectivity index (χ0) is 38.6. The van der Waals surface area contributed by atoms with Gasteiger partial charge in [-0.15, -0.1) is 0 Å². The van der Waals surface area contributed by atoms with Gasteiger partial charge in [-0.1, -0.05) is 45.9 Å². The molecule has 54 heavy (non-hydrogen) atoms. The predicted octanol–water partition coefficient (Wildman–Crippen LogP) is 7.80. The largest absolute Gasteiger partial charge is 0.428 e. The molecule has 14 nitrogen and oxygen atoms in total. The van der Waals surface area contributed by atoms with Crippen molar-refractivity contribution in [2.24, 2.45) is 0 Å². The Labute approximate surface area is 319 Å². The molecule has 6 rings (SSSR count). The van der Waals surface area contributed by atoms with E-state index in [1.807, 2.05) is 0 Å². The molecule has 2 heterocycles. The number of carbonyl (C=O) groups is 2. The lowest BCUT2D eigenvalue weighted by Gasteiger charge is -2.12. The SMILES string of the molecule is Cc1nc(NS(=O)(=O)c2ccc(NC(=O)c3ccccc3SSc3ccccc3C(=O)Nc3ccc(S(=O)(=O)Nc4nc(C)c(C)o4)cc3)cc2)oc1C. The maximum absolute atomic E-state index is 13.4. The molecule has 4 aromatic carbocycles. The molecule has 2 aromatic heterocycles. The third-order valence-electron chi connectivity index (χ3n) is 7.83. The van der Waals surface area contributed by atoms with Crippen LogP contribution in [0, 0.1) is 27.7 Å². The fraction of sp³-hybridized carbons (Fsp3) is 0.111. The van der Waals surface area contributed by atoms with E-state index >= 15 is 0 Å². The summed E-state index contributed by atoms with van der Waals surface area (Å²) in [7, 11) is -5.40. The third-order valence-corrected chi connectivity index (χ3v) is 13.0. The van der Waals surface area contributed by atoms with E-state index in [4.69, 9.17) is 8.83 Å². The summed E-state index contributed by atoms with van der Waals surface area (Å²) in [5.74, 6) is 0.153. The molecule has 0 saturated carbocycles. The number of hydrogen-bond donors (Lipinski definition) is 4. The average Bonchev–Trinajstić information content (AvgIpc) is 3.63. The first-order valence-corrected chi connectivity index (χ1v) is 21.1. The Morgan fingerprint density at radius 3 is 1.22 bits per heavy atom. The van der Waals surface area contributed by atoms with E-state index in [9.17, 15) is 26.4 Å². The van der Waals surface area contributed by atoms with Crippen LogP contribution < -0.4 is 20.1 Å².